The van der Waals surface area contributed by atoms with Gasteiger partial charge in [0.1, 0.15) is 18.2 Å². The maximum atomic E-state index is 12.5. The molecule has 1 atom stereocenters. The summed E-state index contributed by atoms with van der Waals surface area (Å²) in [5.41, 5.74) is -0.129. The molecule has 8 heteroatoms. The smallest absolute Gasteiger partial charge is 0.408 e. The van der Waals surface area contributed by atoms with Gasteiger partial charge in [-0.05, 0) is 32.8 Å². The second-order valence-corrected chi connectivity index (χ2v) is 7.08. The molecule has 0 radical (unpaired) electrons. The normalized spacial score (nSPS) is 12.4. The maximum absolute atomic E-state index is 12.5. The zero-order chi connectivity index (χ0) is 19.7. The van der Waals surface area contributed by atoms with E-state index in [1.165, 1.54) is 6.20 Å². The van der Waals surface area contributed by atoms with Crippen LogP contribution in [0.1, 0.15) is 34.6 Å². The molecule has 0 fully saturated rings. The summed E-state index contributed by atoms with van der Waals surface area (Å²) in [6.45, 7) is 9.83. The largest absolute Gasteiger partial charge is 0.475 e. The Morgan fingerprint density at radius 3 is 2.38 bits per heavy atom. The fourth-order valence-electron chi connectivity index (χ4n) is 1.96. The second-order valence-electron chi connectivity index (χ2n) is 7.08. The van der Waals surface area contributed by atoms with Crippen LogP contribution in [-0.4, -0.2) is 49.0 Å². The molecule has 0 aliphatic rings. The lowest BCUT2D eigenvalue weighted by Crippen LogP contribution is -2.48. The van der Waals surface area contributed by atoms with Crippen molar-refractivity contribution in [2.75, 3.05) is 25.6 Å². The van der Waals surface area contributed by atoms with E-state index in [0.717, 1.165) is 0 Å². The Balaban J connectivity index is 2.65. The lowest BCUT2D eigenvalue weighted by atomic mass is 10.0. The zero-order valence-electron chi connectivity index (χ0n) is 16.3. The number of nitrogens with one attached hydrogen (secondary N) is 2. The highest BCUT2D eigenvalue weighted by Gasteiger charge is 2.27. The summed E-state index contributed by atoms with van der Waals surface area (Å²) in [6.07, 6.45) is 0.858. The van der Waals surface area contributed by atoms with Crippen molar-refractivity contribution >= 4 is 17.7 Å². The summed E-state index contributed by atoms with van der Waals surface area (Å²) >= 11 is 0. The third-order valence-electron chi connectivity index (χ3n) is 3.16. The van der Waals surface area contributed by atoms with Gasteiger partial charge in [0.05, 0.1) is 18.5 Å². The van der Waals surface area contributed by atoms with Crippen LogP contribution in [0.25, 0.3) is 0 Å². The highest BCUT2D eigenvalue weighted by Crippen LogP contribution is 2.14. The van der Waals surface area contributed by atoms with Gasteiger partial charge in [-0.1, -0.05) is 13.8 Å². The van der Waals surface area contributed by atoms with Crippen molar-refractivity contribution < 1.29 is 23.8 Å². The topological polar surface area (TPSA) is 98.8 Å². The first-order chi connectivity index (χ1) is 12.1. The monoisotopic (exact) mass is 367 g/mol. The molecule has 1 heterocycles. The molecule has 1 aromatic heterocycles. The summed E-state index contributed by atoms with van der Waals surface area (Å²) in [5, 5.41) is 5.34. The molecule has 0 bridgehead atoms. The lowest BCUT2D eigenvalue weighted by Gasteiger charge is -2.25. The van der Waals surface area contributed by atoms with Crippen LogP contribution in [0.4, 0.5) is 10.5 Å². The number of alkyl carbamates (subject to hydrolysis) is 1. The van der Waals surface area contributed by atoms with Crippen molar-refractivity contribution in [2.24, 2.45) is 5.92 Å². The van der Waals surface area contributed by atoms with E-state index in [0.29, 0.717) is 24.8 Å². The Bertz CT molecular complexity index is 581. The van der Waals surface area contributed by atoms with E-state index in [4.69, 9.17) is 14.2 Å². The Kier molecular flexibility index (Phi) is 8.31. The molecule has 0 aliphatic heterocycles. The van der Waals surface area contributed by atoms with Crippen LogP contribution in [0.2, 0.25) is 0 Å². The molecule has 2 amide bonds. The third kappa shape index (κ3) is 8.15. The van der Waals surface area contributed by atoms with Crippen LogP contribution in [0, 0.1) is 5.92 Å². The zero-order valence-corrected chi connectivity index (χ0v) is 16.3. The summed E-state index contributed by atoms with van der Waals surface area (Å²) in [5.74, 6) is -0.0276. The van der Waals surface area contributed by atoms with Crippen molar-refractivity contribution in [3.05, 3.63) is 18.3 Å². The number of pyridine rings is 1. The molecule has 0 spiro atoms. The minimum atomic E-state index is -0.734. The number of rotatable bonds is 8. The number of hydrogen-bond donors (Lipinski definition) is 2. The molecule has 146 valence electrons. The fourth-order valence-corrected chi connectivity index (χ4v) is 1.96. The van der Waals surface area contributed by atoms with Crippen LogP contribution in [0.15, 0.2) is 18.3 Å². The number of ether oxygens (including phenoxy) is 3. The number of anilines is 1. The highest BCUT2D eigenvalue weighted by molar-refractivity contribution is 5.96. The van der Waals surface area contributed by atoms with Gasteiger partial charge < -0.3 is 24.8 Å². The molecule has 2 N–H and O–H groups in total. The Morgan fingerprint density at radius 1 is 1.19 bits per heavy atom. The second kappa shape index (κ2) is 9.96. The average Bonchev–Trinajstić information content (AvgIpc) is 2.52. The molecule has 0 aromatic carbocycles. The molecule has 0 aliphatic carbocycles. The SMILES string of the molecule is COCCOc1ccc(NC(=O)C(NC(=O)OC(C)(C)C)C(C)C)cn1. The Hall–Kier alpha value is -2.35. The highest BCUT2D eigenvalue weighted by atomic mass is 16.6. The van der Waals surface area contributed by atoms with Crippen molar-refractivity contribution in [2.45, 2.75) is 46.3 Å². The van der Waals surface area contributed by atoms with Gasteiger partial charge >= 0.3 is 6.09 Å². The molecule has 1 unspecified atom stereocenters. The molecule has 8 nitrogen and oxygen atoms in total. The van der Waals surface area contributed by atoms with E-state index >= 15 is 0 Å². The van der Waals surface area contributed by atoms with Gasteiger partial charge in [0, 0.05) is 13.2 Å². The molecular weight excluding hydrogens is 338 g/mol. The molecule has 0 saturated carbocycles. The number of hydrogen-bond acceptors (Lipinski definition) is 6. The van der Waals surface area contributed by atoms with E-state index in [1.807, 2.05) is 13.8 Å². The van der Waals surface area contributed by atoms with E-state index in [9.17, 15) is 9.59 Å². The van der Waals surface area contributed by atoms with Gasteiger partial charge in [0.2, 0.25) is 11.8 Å². The van der Waals surface area contributed by atoms with Crippen LogP contribution in [0.5, 0.6) is 5.88 Å². The summed E-state index contributed by atoms with van der Waals surface area (Å²) in [6, 6.07) is 2.59. The van der Waals surface area contributed by atoms with Crippen LogP contribution < -0.4 is 15.4 Å². The van der Waals surface area contributed by atoms with Gasteiger partial charge in [0.15, 0.2) is 0 Å². The standard InChI is InChI=1S/C18H29N3O5/c1-12(2)15(21-17(23)26-18(3,4)5)16(22)20-13-7-8-14(19-11-13)25-10-9-24-6/h7-8,11-12,15H,9-10H2,1-6H3,(H,20,22)(H,21,23). The lowest BCUT2D eigenvalue weighted by molar-refractivity contribution is -0.119. The molecule has 1 rings (SSSR count). The first kappa shape index (κ1) is 21.7. The molecule has 26 heavy (non-hydrogen) atoms. The minimum absolute atomic E-state index is 0.118. The van der Waals surface area contributed by atoms with E-state index < -0.39 is 17.7 Å². The fraction of sp³-hybridized carbons (Fsp3) is 0.611. The van der Waals surface area contributed by atoms with Crippen molar-refractivity contribution in [3.63, 3.8) is 0 Å². The van der Waals surface area contributed by atoms with Crippen molar-refractivity contribution in [1.82, 2.24) is 10.3 Å². The Morgan fingerprint density at radius 2 is 1.88 bits per heavy atom. The first-order valence-electron chi connectivity index (χ1n) is 8.50. The van der Waals surface area contributed by atoms with E-state index in [1.54, 1.807) is 40.0 Å². The minimum Gasteiger partial charge on any atom is -0.475 e. The number of carbonyl (C=O) groups is 2. The number of nitrogens with zero attached hydrogens (tertiary/aromatic N) is 1. The summed E-state index contributed by atoms with van der Waals surface area (Å²) in [7, 11) is 1.59. The summed E-state index contributed by atoms with van der Waals surface area (Å²) < 4.78 is 15.5. The third-order valence-corrected chi connectivity index (χ3v) is 3.16. The van der Waals surface area contributed by atoms with Gasteiger partial charge in [-0.2, -0.15) is 0 Å². The Labute approximate surface area is 154 Å². The van der Waals surface area contributed by atoms with Crippen LogP contribution in [-0.2, 0) is 14.3 Å². The van der Waals surface area contributed by atoms with Gasteiger partial charge in [-0.3, -0.25) is 4.79 Å². The van der Waals surface area contributed by atoms with Crippen molar-refractivity contribution in [3.8, 4) is 5.88 Å². The number of amides is 2. The number of methoxy groups -OCH3 is 1. The predicted molar refractivity (Wildman–Crippen MR) is 98.2 cm³/mol. The summed E-state index contributed by atoms with van der Waals surface area (Å²) in [4.78, 5) is 28.6. The average molecular weight is 367 g/mol. The van der Waals surface area contributed by atoms with Crippen molar-refractivity contribution in [1.29, 1.82) is 0 Å². The van der Waals surface area contributed by atoms with Gasteiger partial charge in [0.25, 0.3) is 0 Å². The number of carbonyl (C=O) groups excluding carboxylic acids is 2. The molecule has 0 saturated heterocycles. The maximum Gasteiger partial charge on any atom is 0.408 e. The van der Waals surface area contributed by atoms with Gasteiger partial charge in [-0.25, -0.2) is 9.78 Å². The van der Waals surface area contributed by atoms with E-state index in [-0.39, 0.29) is 11.8 Å². The quantitative estimate of drug-likeness (QED) is 0.685. The van der Waals surface area contributed by atoms with Crippen LogP contribution in [0.3, 0.4) is 0 Å². The molecular formula is C18H29N3O5. The van der Waals surface area contributed by atoms with Crippen LogP contribution >= 0.6 is 0 Å². The van der Waals surface area contributed by atoms with Gasteiger partial charge in [-0.15, -0.1) is 0 Å². The van der Waals surface area contributed by atoms with E-state index in [2.05, 4.69) is 15.6 Å². The molecule has 1 aromatic rings. The first-order valence-corrected chi connectivity index (χ1v) is 8.50. The predicted octanol–water partition coefficient (Wildman–Crippen LogP) is 2.59. The number of aromatic nitrogens is 1.